The molecule has 0 saturated heterocycles. The minimum atomic E-state index is -0.379. The minimum Gasteiger partial charge on any atom is -0.368 e. The van der Waals surface area contributed by atoms with E-state index in [-0.39, 0.29) is 12.1 Å². The van der Waals surface area contributed by atoms with Gasteiger partial charge in [0.1, 0.15) is 5.82 Å². The lowest BCUT2D eigenvalue weighted by atomic mass is 10.0. The van der Waals surface area contributed by atoms with Crippen molar-refractivity contribution in [3.05, 3.63) is 48.0 Å². The maximum atomic E-state index is 5.77. The molecule has 0 aliphatic rings. The van der Waals surface area contributed by atoms with Crippen LogP contribution in [0.25, 0.3) is 11.3 Å². The van der Waals surface area contributed by atoms with Crippen LogP contribution in [0.3, 0.4) is 0 Å². The van der Waals surface area contributed by atoms with Gasteiger partial charge in [-0.1, -0.05) is 30.9 Å². The van der Waals surface area contributed by atoms with Gasteiger partial charge in [0, 0.05) is 11.6 Å². The highest BCUT2D eigenvalue weighted by molar-refractivity contribution is 5.68. The molecule has 2 rings (SSSR count). The number of nitrogens with zero attached hydrogens (tertiary/aromatic N) is 2. The summed E-state index contributed by atoms with van der Waals surface area (Å²) in [5.74, 6) is 0.794. The molecule has 0 radical (unpaired) electrons. The second kappa shape index (κ2) is 5.71. The van der Waals surface area contributed by atoms with Gasteiger partial charge in [-0.2, -0.15) is 4.98 Å². The molecular formula is C15H19N5. The van der Waals surface area contributed by atoms with Crippen molar-refractivity contribution >= 4 is 11.8 Å². The van der Waals surface area contributed by atoms with Crippen LogP contribution in [0.5, 0.6) is 0 Å². The maximum absolute atomic E-state index is 5.77. The summed E-state index contributed by atoms with van der Waals surface area (Å²) in [5.41, 5.74) is 15.7. The molecule has 20 heavy (non-hydrogen) atoms. The van der Waals surface area contributed by atoms with E-state index in [1.165, 1.54) is 11.1 Å². The summed E-state index contributed by atoms with van der Waals surface area (Å²) in [6.07, 6.45) is 1.21. The number of hydrogen-bond acceptors (Lipinski definition) is 5. The fourth-order valence-corrected chi connectivity index (χ4v) is 1.94. The van der Waals surface area contributed by atoms with Gasteiger partial charge >= 0.3 is 0 Å². The molecule has 0 bridgehead atoms. The van der Waals surface area contributed by atoms with Crippen molar-refractivity contribution < 1.29 is 0 Å². The molecular weight excluding hydrogens is 250 g/mol. The molecule has 5 nitrogen and oxygen atoms in total. The van der Waals surface area contributed by atoms with E-state index in [0.29, 0.717) is 5.82 Å². The zero-order chi connectivity index (χ0) is 14.7. The Morgan fingerprint density at radius 2 is 2.05 bits per heavy atom. The molecule has 2 aromatic rings. The van der Waals surface area contributed by atoms with Crippen LogP contribution < -0.4 is 16.8 Å². The molecule has 1 unspecified atom stereocenters. The number of hydrogen-bond donors (Lipinski definition) is 3. The van der Waals surface area contributed by atoms with Crippen molar-refractivity contribution in [3.8, 4) is 11.3 Å². The van der Waals surface area contributed by atoms with Gasteiger partial charge in [-0.25, -0.2) is 4.98 Å². The summed E-state index contributed by atoms with van der Waals surface area (Å²) in [6, 6.07) is 7.91. The van der Waals surface area contributed by atoms with Gasteiger partial charge < -0.3 is 16.8 Å². The molecule has 1 aromatic carbocycles. The number of benzene rings is 1. The first-order chi connectivity index (χ1) is 9.51. The van der Waals surface area contributed by atoms with Crippen molar-refractivity contribution in [2.24, 2.45) is 5.73 Å². The molecule has 0 aliphatic heterocycles. The van der Waals surface area contributed by atoms with Gasteiger partial charge in [0.05, 0.1) is 11.9 Å². The second-order valence-electron chi connectivity index (χ2n) is 4.65. The van der Waals surface area contributed by atoms with Gasteiger partial charge in [0.2, 0.25) is 5.95 Å². The minimum absolute atomic E-state index is 0.210. The molecule has 1 aromatic heterocycles. The Morgan fingerprint density at radius 1 is 1.30 bits per heavy atom. The predicted octanol–water partition coefficient (Wildman–Crippen LogP) is 2.23. The summed E-state index contributed by atoms with van der Waals surface area (Å²) < 4.78 is 0. The fourth-order valence-electron chi connectivity index (χ4n) is 1.94. The average molecular weight is 269 g/mol. The zero-order valence-electron chi connectivity index (χ0n) is 11.7. The van der Waals surface area contributed by atoms with Crippen molar-refractivity contribution in [2.75, 3.05) is 11.1 Å². The number of nitrogen functional groups attached to an aromatic ring is 1. The summed E-state index contributed by atoms with van der Waals surface area (Å²) in [6.45, 7) is 7.75. The molecule has 0 saturated carbocycles. The average Bonchev–Trinajstić information content (AvgIpc) is 2.41. The quantitative estimate of drug-likeness (QED) is 0.585. The number of aryl methyl sites for hydroxylation is 1. The molecule has 0 aliphatic carbocycles. The van der Waals surface area contributed by atoms with Crippen molar-refractivity contribution in [1.82, 2.24) is 9.97 Å². The monoisotopic (exact) mass is 269 g/mol. The van der Waals surface area contributed by atoms with Crippen LogP contribution in [0, 0.1) is 13.8 Å². The summed E-state index contributed by atoms with van der Waals surface area (Å²) in [5, 5.41) is 3.01. The molecule has 104 valence electrons. The number of nitrogens with one attached hydrogen (secondary N) is 1. The normalized spacial score (nSPS) is 11.9. The third-order valence-corrected chi connectivity index (χ3v) is 3.19. The van der Waals surface area contributed by atoms with E-state index in [1.54, 1.807) is 6.08 Å². The van der Waals surface area contributed by atoms with Gasteiger partial charge in [0.25, 0.3) is 0 Å². The van der Waals surface area contributed by atoms with Crippen LogP contribution in [0.15, 0.2) is 36.9 Å². The smallest absolute Gasteiger partial charge is 0.222 e. The van der Waals surface area contributed by atoms with Gasteiger partial charge in [-0.3, -0.25) is 0 Å². The molecule has 0 fully saturated rings. The highest BCUT2D eigenvalue weighted by Gasteiger charge is 2.09. The van der Waals surface area contributed by atoms with Crippen LogP contribution in [0.1, 0.15) is 11.1 Å². The number of rotatable bonds is 4. The number of nitrogens with two attached hydrogens (primary N) is 2. The first-order valence-corrected chi connectivity index (χ1v) is 6.37. The van der Waals surface area contributed by atoms with Crippen LogP contribution in [0.4, 0.5) is 11.8 Å². The van der Waals surface area contributed by atoms with Crippen LogP contribution in [-0.4, -0.2) is 16.1 Å². The van der Waals surface area contributed by atoms with E-state index in [4.69, 9.17) is 11.5 Å². The Hall–Kier alpha value is -2.40. The highest BCUT2D eigenvalue weighted by Crippen LogP contribution is 2.26. The third kappa shape index (κ3) is 2.95. The van der Waals surface area contributed by atoms with E-state index in [0.717, 1.165) is 11.3 Å². The van der Waals surface area contributed by atoms with E-state index in [9.17, 15) is 0 Å². The first-order valence-electron chi connectivity index (χ1n) is 6.37. The maximum Gasteiger partial charge on any atom is 0.222 e. The molecule has 1 heterocycles. The topological polar surface area (TPSA) is 89.8 Å². The van der Waals surface area contributed by atoms with E-state index < -0.39 is 0 Å². The largest absolute Gasteiger partial charge is 0.368 e. The predicted molar refractivity (Wildman–Crippen MR) is 83.1 cm³/mol. The van der Waals surface area contributed by atoms with Gasteiger partial charge in [0.15, 0.2) is 0 Å². The molecule has 5 heteroatoms. The van der Waals surface area contributed by atoms with Gasteiger partial charge in [-0.05, 0) is 25.0 Å². The Balaban J connectivity index is 2.46. The van der Waals surface area contributed by atoms with E-state index in [1.807, 2.05) is 18.2 Å². The summed E-state index contributed by atoms with van der Waals surface area (Å²) >= 11 is 0. The number of aromatic nitrogens is 2. The fraction of sp³-hybridized carbons (Fsp3) is 0.200. The first kappa shape index (κ1) is 14.0. The third-order valence-electron chi connectivity index (χ3n) is 3.19. The molecule has 5 N–H and O–H groups in total. The Kier molecular flexibility index (Phi) is 4.00. The van der Waals surface area contributed by atoms with Crippen molar-refractivity contribution in [1.29, 1.82) is 0 Å². The second-order valence-corrected chi connectivity index (χ2v) is 4.65. The molecule has 0 spiro atoms. The van der Waals surface area contributed by atoms with Crippen molar-refractivity contribution in [2.45, 2.75) is 20.0 Å². The molecule has 0 amide bonds. The van der Waals surface area contributed by atoms with Crippen LogP contribution in [0.2, 0.25) is 0 Å². The van der Waals surface area contributed by atoms with Crippen molar-refractivity contribution in [3.63, 3.8) is 0 Å². The van der Waals surface area contributed by atoms with Crippen LogP contribution >= 0.6 is 0 Å². The number of anilines is 2. The Bertz CT molecular complexity index is 636. The van der Waals surface area contributed by atoms with Gasteiger partial charge in [-0.15, -0.1) is 0 Å². The lowest BCUT2D eigenvalue weighted by Gasteiger charge is -2.13. The lowest BCUT2D eigenvalue weighted by molar-refractivity contribution is 0.930. The zero-order valence-corrected chi connectivity index (χ0v) is 11.7. The Morgan fingerprint density at radius 3 is 2.75 bits per heavy atom. The van der Waals surface area contributed by atoms with Crippen LogP contribution in [-0.2, 0) is 0 Å². The molecule has 1 atom stereocenters. The SMILES string of the molecule is C=CC(N)Nc1cc(-c2cccc(C)c2C)nc(N)n1. The lowest BCUT2D eigenvalue weighted by Crippen LogP contribution is -2.27. The summed E-state index contributed by atoms with van der Waals surface area (Å²) in [4.78, 5) is 8.43. The summed E-state index contributed by atoms with van der Waals surface area (Å²) in [7, 11) is 0. The van der Waals surface area contributed by atoms with E-state index >= 15 is 0 Å². The Labute approximate surface area is 118 Å². The highest BCUT2D eigenvalue weighted by atomic mass is 15.1. The van der Waals surface area contributed by atoms with E-state index in [2.05, 4.69) is 41.8 Å². The standard InChI is InChI=1S/C15H19N5/c1-4-13(16)19-14-8-12(18-15(17)20-14)11-7-5-6-9(2)10(11)3/h4-8,13H,1,16H2,2-3H3,(H3,17,18,19,20).